The highest BCUT2D eigenvalue weighted by molar-refractivity contribution is 6.31. The molecule has 0 spiro atoms. The SMILES string of the molecule is COC(=O)C1=C(C(=O)OC)N(c2cccc(-c3nc4cc(Cl)ccc4o3)c2)C=CC=C1. The maximum atomic E-state index is 12.6. The number of benzene rings is 2. The molecule has 2 aromatic carbocycles. The van der Waals surface area contributed by atoms with Gasteiger partial charge in [-0.1, -0.05) is 23.7 Å². The monoisotopic (exact) mass is 436 g/mol. The first-order valence-corrected chi connectivity index (χ1v) is 9.61. The second-order valence-corrected chi connectivity index (χ2v) is 6.93. The zero-order chi connectivity index (χ0) is 22.0. The Morgan fingerprint density at radius 1 is 1.03 bits per heavy atom. The molecule has 0 unspecified atom stereocenters. The number of oxazole rings is 1. The minimum atomic E-state index is -0.682. The number of esters is 2. The summed E-state index contributed by atoms with van der Waals surface area (Å²) in [5.41, 5.74) is 2.61. The minimum Gasteiger partial charge on any atom is -0.465 e. The number of hydrogen-bond donors (Lipinski definition) is 0. The van der Waals surface area contributed by atoms with Gasteiger partial charge in [0.15, 0.2) is 5.58 Å². The minimum absolute atomic E-state index is 0.0286. The lowest BCUT2D eigenvalue weighted by atomic mass is 10.1. The molecule has 0 radical (unpaired) electrons. The summed E-state index contributed by atoms with van der Waals surface area (Å²) in [6, 6.07) is 12.4. The van der Waals surface area contributed by atoms with Crippen LogP contribution in [0.4, 0.5) is 5.69 Å². The Hall–Kier alpha value is -3.84. The van der Waals surface area contributed by atoms with Crippen LogP contribution in [0, 0.1) is 0 Å². The van der Waals surface area contributed by atoms with Crippen LogP contribution in [0.5, 0.6) is 0 Å². The highest BCUT2D eigenvalue weighted by atomic mass is 35.5. The summed E-state index contributed by atoms with van der Waals surface area (Å²) >= 11 is 6.04. The molecule has 3 aromatic rings. The van der Waals surface area contributed by atoms with E-state index in [1.54, 1.807) is 59.7 Å². The average Bonchev–Trinajstić information content (AvgIpc) is 3.08. The van der Waals surface area contributed by atoms with Crippen molar-refractivity contribution >= 4 is 40.3 Å². The van der Waals surface area contributed by atoms with Crippen molar-refractivity contribution in [3.63, 3.8) is 0 Å². The molecule has 0 saturated carbocycles. The van der Waals surface area contributed by atoms with Gasteiger partial charge in [-0.15, -0.1) is 0 Å². The highest BCUT2D eigenvalue weighted by Gasteiger charge is 2.27. The standard InChI is InChI=1S/C23H17ClN2O5/c1-29-22(27)17-8-3-4-11-26(20(17)23(28)30-2)16-7-5-6-14(12-16)21-25-18-13-15(24)9-10-19(18)31-21/h3-13H,1-2H3. The Morgan fingerprint density at radius 3 is 2.61 bits per heavy atom. The van der Waals surface area contributed by atoms with E-state index < -0.39 is 11.9 Å². The van der Waals surface area contributed by atoms with Crippen molar-refractivity contribution in [1.82, 2.24) is 4.98 Å². The smallest absolute Gasteiger partial charge is 0.355 e. The predicted molar refractivity (Wildman–Crippen MR) is 116 cm³/mol. The highest BCUT2D eigenvalue weighted by Crippen LogP contribution is 2.31. The number of halogens is 1. The number of allylic oxidation sites excluding steroid dienone is 2. The van der Waals surface area contributed by atoms with Crippen molar-refractivity contribution in [2.45, 2.75) is 0 Å². The third-order valence-electron chi connectivity index (χ3n) is 4.61. The molecule has 0 bridgehead atoms. The van der Waals surface area contributed by atoms with Crippen molar-refractivity contribution in [2.24, 2.45) is 0 Å². The van der Waals surface area contributed by atoms with Gasteiger partial charge in [-0.3, -0.25) is 0 Å². The third-order valence-corrected chi connectivity index (χ3v) is 4.85. The lowest BCUT2D eigenvalue weighted by molar-refractivity contribution is -0.139. The number of nitrogens with zero attached hydrogens (tertiary/aromatic N) is 2. The number of aromatic nitrogens is 1. The van der Waals surface area contributed by atoms with Crippen molar-refractivity contribution in [3.05, 3.63) is 83.2 Å². The van der Waals surface area contributed by atoms with E-state index in [4.69, 9.17) is 25.5 Å². The van der Waals surface area contributed by atoms with Gasteiger partial charge in [0.2, 0.25) is 5.89 Å². The van der Waals surface area contributed by atoms with E-state index in [1.165, 1.54) is 20.3 Å². The molecule has 2 heterocycles. The summed E-state index contributed by atoms with van der Waals surface area (Å²) in [6.45, 7) is 0. The lowest BCUT2D eigenvalue weighted by Gasteiger charge is -2.23. The van der Waals surface area contributed by atoms with Crippen molar-refractivity contribution in [2.75, 3.05) is 19.1 Å². The van der Waals surface area contributed by atoms with E-state index in [-0.39, 0.29) is 11.3 Å². The Balaban J connectivity index is 1.82. The number of fused-ring (bicyclic) bond motifs is 1. The summed E-state index contributed by atoms with van der Waals surface area (Å²) in [5, 5.41) is 0.562. The summed E-state index contributed by atoms with van der Waals surface area (Å²) in [7, 11) is 2.50. The molecule has 0 atom stereocenters. The van der Waals surface area contributed by atoms with Crippen LogP contribution in [0.15, 0.2) is 82.6 Å². The lowest BCUT2D eigenvalue weighted by Crippen LogP contribution is -2.26. The van der Waals surface area contributed by atoms with E-state index in [0.717, 1.165) is 0 Å². The second-order valence-electron chi connectivity index (χ2n) is 6.50. The number of anilines is 1. The van der Waals surface area contributed by atoms with Crippen LogP contribution < -0.4 is 4.90 Å². The quantitative estimate of drug-likeness (QED) is 0.551. The molecule has 0 N–H and O–H groups in total. The topological polar surface area (TPSA) is 81.9 Å². The van der Waals surface area contributed by atoms with E-state index in [9.17, 15) is 9.59 Å². The first kappa shape index (κ1) is 20.4. The molecule has 0 saturated heterocycles. The molecule has 1 aliphatic heterocycles. The zero-order valence-electron chi connectivity index (χ0n) is 16.7. The molecule has 8 heteroatoms. The molecule has 1 aromatic heterocycles. The van der Waals surface area contributed by atoms with Crippen LogP contribution in [0.3, 0.4) is 0 Å². The van der Waals surface area contributed by atoms with E-state index in [2.05, 4.69) is 4.98 Å². The molecule has 1 aliphatic rings. The molecule has 0 fully saturated rings. The Kier molecular flexibility index (Phi) is 5.60. The Morgan fingerprint density at radius 2 is 1.84 bits per heavy atom. The number of carbonyl (C=O) groups is 2. The fourth-order valence-electron chi connectivity index (χ4n) is 3.18. The van der Waals surface area contributed by atoms with E-state index in [0.29, 0.717) is 33.3 Å². The molecule has 31 heavy (non-hydrogen) atoms. The Bertz CT molecular complexity index is 1270. The molecule has 0 aliphatic carbocycles. The van der Waals surface area contributed by atoms with Gasteiger partial charge in [0.1, 0.15) is 11.2 Å². The average molecular weight is 437 g/mol. The summed E-state index contributed by atoms with van der Waals surface area (Å²) in [4.78, 5) is 31.0. The molecule has 4 rings (SSSR count). The first-order valence-electron chi connectivity index (χ1n) is 9.23. The van der Waals surface area contributed by atoms with Crippen LogP contribution in [-0.4, -0.2) is 31.1 Å². The van der Waals surface area contributed by atoms with Gasteiger partial charge in [0.25, 0.3) is 0 Å². The largest absolute Gasteiger partial charge is 0.465 e. The number of ether oxygens (including phenoxy) is 2. The molecular weight excluding hydrogens is 420 g/mol. The number of hydrogen-bond acceptors (Lipinski definition) is 7. The Labute approximate surface area is 182 Å². The van der Waals surface area contributed by atoms with Gasteiger partial charge in [-0.2, -0.15) is 0 Å². The van der Waals surface area contributed by atoms with Crippen molar-refractivity contribution in [3.8, 4) is 11.5 Å². The van der Waals surface area contributed by atoms with Gasteiger partial charge in [0.05, 0.1) is 19.8 Å². The number of methoxy groups -OCH3 is 2. The van der Waals surface area contributed by atoms with Gasteiger partial charge < -0.3 is 18.8 Å². The van der Waals surface area contributed by atoms with Gasteiger partial charge >= 0.3 is 11.9 Å². The summed E-state index contributed by atoms with van der Waals surface area (Å²) in [5.74, 6) is -0.941. The van der Waals surface area contributed by atoms with Crippen LogP contribution in [0.1, 0.15) is 0 Å². The van der Waals surface area contributed by atoms with Crippen LogP contribution in [0.25, 0.3) is 22.6 Å². The third kappa shape index (κ3) is 3.95. The van der Waals surface area contributed by atoms with Crippen molar-refractivity contribution in [1.29, 1.82) is 0 Å². The van der Waals surface area contributed by atoms with Crippen molar-refractivity contribution < 1.29 is 23.5 Å². The van der Waals surface area contributed by atoms with Gasteiger partial charge in [-0.05, 0) is 48.6 Å². The molecular formula is C23H17ClN2O5. The van der Waals surface area contributed by atoms with Crippen LogP contribution in [-0.2, 0) is 19.1 Å². The zero-order valence-corrected chi connectivity index (χ0v) is 17.4. The fraction of sp³-hybridized carbons (Fsp3) is 0.0870. The normalized spacial score (nSPS) is 13.5. The van der Waals surface area contributed by atoms with Crippen LogP contribution in [0.2, 0.25) is 5.02 Å². The predicted octanol–water partition coefficient (Wildman–Crippen LogP) is 4.64. The van der Waals surface area contributed by atoms with Crippen LogP contribution >= 0.6 is 11.6 Å². The summed E-state index contributed by atoms with van der Waals surface area (Å²) < 4.78 is 15.6. The molecule has 0 amide bonds. The molecule has 7 nitrogen and oxygen atoms in total. The number of rotatable bonds is 4. The first-order chi connectivity index (χ1) is 15.0. The van der Waals surface area contributed by atoms with Gasteiger partial charge in [-0.25, -0.2) is 14.6 Å². The molecule has 156 valence electrons. The van der Waals surface area contributed by atoms with E-state index >= 15 is 0 Å². The maximum absolute atomic E-state index is 12.6. The second kappa shape index (κ2) is 8.49. The van der Waals surface area contributed by atoms with E-state index in [1.807, 2.05) is 6.07 Å². The van der Waals surface area contributed by atoms with Gasteiger partial charge in [0, 0.05) is 22.5 Å². The number of carbonyl (C=O) groups excluding carboxylic acids is 2. The fourth-order valence-corrected chi connectivity index (χ4v) is 3.34. The summed E-state index contributed by atoms with van der Waals surface area (Å²) in [6.07, 6.45) is 6.50. The maximum Gasteiger partial charge on any atom is 0.355 e.